The van der Waals surface area contributed by atoms with E-state index < -0.39 is 35.5 Å². The van der Waals surface area contributed by atoms with Gasteiger partial charge in [-0.1, -0.05) is 11.3 Å². The van der Waals surface area contributed by atoms with Gasteiger partial charge in [0, 0.05) is 25.0 Å². The lowest BCUT2D eigenvalue weighted by molar-refractivity contribution is -0.274. The normalized spacial score (nSPS) is 18.9. The standard InChI is InChI=1S/C24H25F4N5O3S/c1-13-9-19(31-29-12-13)15-5-3-14(4-6-15)10-20-32-33-23(37-20)30-22(34)21(35-2)17-11-16(7-8-18(17)25)36-24(26,27)28/h7-9,11-12,14-15,21H,3-6,10H2,1-2H3,(H,30,33,34)/t14?,15?,21-/m1/s1. The van der Waals surface area contributed by atoms with Crippen LogP contribution >= 0.6 is 11.3 Å². The molecule has 0 bridgehead atoms. The van der Waals surface area contributed by atoms with Gasteiger partial charge in [-0.3, -0.25) is 10.1 Å². The number of nitrogens with one attached hydrogen (secondary N) is 1. The molecule has 1 atom stereocenters. The second kappa shape index (κ2) is 11.5. The van der Waals surface area contributed by atoms with Gasteiger partial charge in [-0.15, -0.1) is 23.4 Å². The number of aromatic nitrogens is 4. The van der Waals surface area contributed by atoms with Crippen molar-refractivity contribution in [3.05, 3.63) is 58.1 Å². The number of aryl methyl sites for hydroxylation is 1. The Morgan fingerprint density at radius 1 is 1.16 bits per heavy atom. The number of hydrogen-bond acceptors (Lipinski definition) is 8. The van der Waals surface area contributed by atoms with Crippen LogP contribution in [-0.4, -0.2) is 39.8 Å². The van der Waals surface area contributed by atoms with Gasteiger partial charge in [0.05, 0.1) is 11.9 Å². The Morgan fingerprint density at radius 2 is 1.92 bits per heavy atom. The van der Waals surface area contributed by atoms with Crippen LogP contribution in [0.5, 0.6) is 5.75 Å². The van der Waals surface area contributed by atoms with Gasteiger partial charge in [0.25, 0.3) is 5.91 Å². The fourth-order valence-electron chi connectivity index (χ4n) is 4.45. The molecule has 0 saturated heterocycles. The monoisotopic (exact) mass is 539 g/mol. The zero-order valence-corrected chi connectivity index (χ0v) is 20.9. The summed E-state index contributed by atoms with van der Waals surface area (Å²) in [6.07, 6.45) is -0.0238. The van der Waals surface area contributed by atoms with Crippen molar-refractivity contribution in [1.29, 1.82) is 0 Å². The number of ether oxygens (including phenoxy) is 2. The molecule has 0 aliphatic heterocycles. The van der Waals surface area contributed by atoms with Crippen LogP contribution in [0.15, 0.2) is 30.5 Å². The third-order valence-electron chi connectivity index (χ3n) is 6.19. The topological polar surface area (TPSA) is 99.1 Å². The SMILES string of the molecule is CO[C@@H](C(=O)Nc1nnc(CC2CCC(c3cc(C)cnn3)CC2)s1)c1cc(OC(F)(F)F)ccc1F. The summed E-state index contributed by atoms with van der Waals surface area (Å²) < 4.78 is 60.8. The van der Waals surface area contributed by atoms with Crippen LogP contribution < -0.4 is 10.1 Å². The van der Waals surface area contributed by atoms with Gasteiger partial charge in [0.15, 0.2) is 6.10 Å². The lowest BCUT2D eigenvalue weighted by Crippen LogP contribution is -2.24. The van der Waals surface area contributed by atoms with Crippen LogP contribution in [0.3, 0.4) is 0 Å². The largest absolute Gasteiger partial charge is 0.573 e. The fraction of sp³-hybridized carbons (Fsp3) is 0.458. The average molecular weight is 540 g/mol. The number of carbonyl (C=O) groups excluding carboxylic acids is 1. The molecular weight excluding hydrogens is 514 g/mol. The molecule has 13 heteroatoms. The van der Waals surface area contributed by atoms with E-state index in [4.69, 9.17) is 4.74 Å². The van der Waals surface area contributed by atoms with E-state index in [0.717, 1.165) is 67.3 Å². The first-order valence-corrected chi connectivity index (χ1v) is 12.4. The predicted molar refractivity (Wildman–Crippen MR) is 127 cm³/mol. The Kier molecular flexibility index (Phi) is 8.32. The average Bonchev–Trinajstić information content (AvgIpc) is 3.27. The Hall–Kier alpha value is -3.19. The maximum atomic E-state index is 14.3. The van der Waals surface area contributed by atoms with Crippen LogP contribution in [0, 0.1) is 18.7 Å². The molecule has 1 aromatic carbocycles. The highest BCUT2D eigenvalue weighted by molar-refractivity contribution is 7.15. The molecule has 37 heavy (non-hydrogen) atoms. The zero-order valence-electron chi connectivity index (χ0n) is 20.1. The minimum Gasteiger partial charge on any atom is -0.406 e. The predicted octanol–water partition coefficient (Wildman–Crippen LogP) is 5.52. The summed E-state index contributed by atoms with van der Waals surface area (Å²) in [6.45, 7) is 2.00. The number of benzene rings is 1. The number of anilines is 1. The summed E-state index contributed by atoms with van der Waals surface area (Å²) in [4.78, 5) is 12.7. The van der Waals surface area contributed by atoms with Crippen molar-refractivity contribution in [2.45, 2.75) is 57.4 Å². The molecule has 1 aliphatic rings. The maximum Gasteiger partial charge on any atom is 0.573 e. The van der Waals surface area contributed by atoms with Gasteiger partial charge < -0.3 is 9.47 Å². The van der Waals surface area contributed by atoms with Crippen molar-refractivity contribution in [2.75, 3.05) is 12.4 Å². The van der Waals surface area contributed by atoms with E-state index in [1.54, 1.807) is 6.20 Å². The highest BCUT2D eigenvalue weighted by atomic mass is 32.1. The molecular formula is C24H25F4N5O3S. The van der Waals surface area contributed by atoms with Gasteiger partial charge in [0.1, 0.15) is 16.6 Å². The van der Waals surface area contributed by atoms with E-state index in [9.17, 15) is 22.4 Å². The molecule has 1 amide bonds. The van der Waals surface area contributed by atoms with Crippen molar-refractivity contribution in [3.8, 4) is 5.75 Å². The summed E-state index contributed by atoms with van der Waals surface area (Å²) in [7, 11) is 1.14. The summed E-state index contributed by atoms with van der Waals surface area (Å²) in [5.41, 5.74) is 1.72. The van der Waals surface area contributed by atoms with E-state index in [-0.39, 0.29) is 5.13 Å². The van der Waals surface area contributed by atoms with E-state index in [2.05, 4.69) is 36.5 Å². The minimum atomic E-state index is -4.96. The number of rotatable bonds is 8. The minimum absolute atomic E-state index is 0.189. The summed E-state index contributed by atoms with van der Waals surface area (Å²) in [5, 5.41) is 19.9. The molecule has 2 aromatic heterocycles. The van der Waals surface area contributed by atoms with Crippen molar-refractivity contribution in [2.24, 2.45) is 5.92 Å². The molecule has 0 radical (unpaired) electrons. The molecule has 1 saturated carbocycles. The fourth-order valence-corrected chi connectivity index (χ4v) is 5.30. The quantitative estimate of drug-likeness (QED) is 0.377. The first-order valence-electron chi connectivity index (χ1n) is 11.6. The molecule has 2 heterocycles. The Bertz CT molecular complexity index is 1230. The van der Waals surface area contributed by atoms with Gasteiger partial charge in [-0.25, -0.2) is 4.39 Å². The van der Waals surface area contributed by atoms with E-state index in [0.29, 0.717) is 18.3 Å². The van der Waals surface area contributed by atoms with Crippen molar-refractivity contribution >= 4 is 22.4 Å². The molecule has 0 spiro atoms. The number of alkyl halides is 3. The molecule has 198 valence electrons. The summed E-state index contributed by atoms with van der Waals surface area (Å²) >= 11 is 1.19. The van der Waals surface area contributed by atoms with Crippen molar-refractivity contribution in [3.63, 3.8) is 0 Å². The molecule has 8 nitrogen and oxygen atoms in total. The van der Waals surface area contributed by atoms with Gasteiger partial charge in [-0.05, 0) is 68.4 Å². The van der Waals surface area contributed by atoms with Crippen LogP contribution in [0.2, 0.25) is 0 Å². The molecule has 4 rings (SSSR count). The molecule has 1 aliphatic carbocycles. The Morgan fingerprint density at radius 3 is 2.59 bits per heavy atom. The highest BCUT2D eigenvalue weighted by Gasteiger charge is 2.33. The summed E-state index contributed by atoms with van der Waals surface area (Å²) in [6, 6.07) is 4.45. The number of amides is 1. The zero-order chi connectivity index (χ0) is 26.6. The Labute approximate surface area is 214 Å². The Balaban J connectivity index is 1.34. The summed E-state index contributed by atoms with van der Waals surface area (Å²) in [5.74, 6) is -1.57. The molecule has 1 N–H and O–H groups in total. The first-order chi connectivity index (χ1) is 17.6. The highest BCUT2D eigenvalue weighted by Crippen LogP contribution is 2.37. The second-order valence-corrected chi connectivity index (χ2v) is 9.98. The lowest BCUT2D eigenvalue weighted by Gasteiger charge is -2.27. The third-order valence-corrected chi connectivity index (χ3v) is 7.05. The van der Waals surface area contributed by atoms with E-state index >= 15 is 0 Å². The molecule has 3 aromatic rings. The van der Waals surface area contributed by atoms with Crippen molar-refractivity contribution in [1.82, 2.24) is 20.4 Å². The first kappa shape index (κ1) is 26.9. The number of halogens is 4. The van der Waals surface area contributed by atoms with Gasteiger partial charge in [-0.2, -0.15) is 10.2 Å². The number of nitrogens with zero attached hydrogens (tertiary/aromatic N) is 4. The third kappa shape index (κ3) is 7.19. The second-order valence-electron chi connectivity index (χ2n) is 8.92. The maximum absolute atomic E-state index is 14.3. The van der Waals surface area contributed by atoms with E-state index in [1.807, 2.05) is 6.92 Å². The van der Waals surface area contributed by atoms with Gasteiger partial charge >= 0.3 is 6.36 Å². The van der Waals surface area contributed by atoms with Gasteiger partial charge in [0.2, 0.25) is 5.13 Å². The van der Waals surface area contributed by atoms with Crippen LogP contribution in [0.4, 0.5) is 22.7 Å². The number of carbonyl (C=O) groups is 1. The molecule has 1 fully saturated rings. The van der Waals surface area contributed by atoms with Crippen LogP contribution in [0.25, 0.3) is 0 Å². The number of hydrogen-bond donors (Lipinski definition) is 1. The lowest BCUT2D eigenvalue weighted by atomic mass is 9.79. The van der Waals surface area contributed by atoms with E-state index in [1.165, 1.54) is 11.3 Å². The van der Waals surface area contributed by atoms with Crippen molar-refractivity contribution < 1.29 is 31.8 Å². The number of methoxy groups -OCH3 is 1. The van der Waals surface area contributed by atoms with Crippen LogP contribution in [-0.2, 0) is 16.0 Å². The smallest absolute Gasteiger partial charge is 0.406 e. The van der Waals surface area contributed by atoms with Crippen LogP contribution in [0.1, 0.15) is 59.5 Å². The molecule has 0 unspecified atom stereocenters.